The van der Waals surface area contributed by atoms with Crippen molar-refractivity contribution in [3.8, 4) is 11.5 Å². The third-order valence-electron chi connectivity index (χ3n) is 4.53. The molecule has 1 amide bonds. The summed E-state index contributed by atoms with van der Waals surface area (Å²) >= 11 is 0. The van der Waals surface area contributed by atoms with Gasteiger partial charge in [-0.25, -0.2) is 4.98 Å². The van der Waals surface area contributed by atoms with Gasteiger partial charge in [0.25, 0.3) is 5.56 Å². The number of hydrogen-bond acceptors (Lipinski definition) is 5. The van der Waals surface area contributed by atoms with Gasteiger partial charge < -0.3 is 14.8 Å². The minimum Gasteiger partial charge on any atom is -0.454 e. The van der Waals surface area contributed by atoms with Crippen molar-refractivity contribution in [3.63, 3.8) is 0 Å². The first-order chi connectivity index (χ1) is 13.0. The zero-order chi connectivity index (χ0) is 19.0. The van der Waals surface area contributed by atoms with E-state index in [-0.39, 0.29) is 24.2 Å². The van der Waals surface area contributed by atoms with Gasteiger partial charge in [-0.15, -0.1) is 0 Å². The van der Waals surface area contributed by atoms with E-state index in [0.717, 1.165) is 0 Å². The highest BCUT2D eigenvalue weighted by molar-refractivity contribution is 5.94. The van der Waals surface area contributed by atoms with Crippen LogP contribution in [-0.2, 0) is 4.79 Å². The molecule has 2 heterocycles. The molecule has 27 heavy (non-hydrogen) atoms. The number of hydrogen-bond donors (Lipinski definition) is 1. The van der Waals surface area contributed by atoms with Crippen molar-refractivity contribution < 1.29 is 14.3 Å². The molecule has 0 spiro atoms. The Hall–Kier alpha value is -3.35. The number of amides is 1. The van der Waals surface area contributed by atoms with E-state index in [1.807, 2.05) is 19.9 Å². The van der Waals surface area contributed by atoms with Crippen LogP contribution in [0.2, 0.25) is 0 Å². The molecule has 1 unspecified atom stereocenters. The summed E-state index contributed by atoms with van der Waals surface area (Å²) in [5.41, 5.74) is 0.953. The number of rotatable bonds is 4. The number of carbonyl (C=O) groups is 1. The van der Waals surface area contributed by atoms with Gasteiger partial charge in [0.15, 0.2) is 11.5 Å². The van der Waals surface area contributed by atoms with Crippen molar-refractivity contribution in [1.29, 1.82) is 0 Å². The number of benzene rings is 2. The molecule has 3 aromatic rings. The van der Waals surface area contributed by atoms with Crippen molar-refractivity contribution >= 4 is 22.5 Å². The summed E-state index contributed by atoms with van der Waals surface area (Å²) in [7, 11) is 0. The Morgan fingerprint density at radius 1 is 1.15 bits per heavy atom. The van der Waals surface area contributed by atoms with Crippen LogP contribution in [0.3, 0.4) is 0 Å². The molecule has 0 fully saturated rings. The van der Waals surface area contributed by atoms with Crippen LogP contribution in [0.4, 0.5) is 5.69 Å². The number of fused-ring (bicyclic) bond motifs is 2. The van der Waals surface area contributed by atoms with Crippen molar-refractivity contribution in [2.24, 2.45) is 5.92 Å². The predicted molar refractivity (Wildman–Crippen MR) is 101 cm³/mol. The Labute approximate surface area is 155 Å². The zero-order valence-electron chi connectivity index (χ0n) is 15.0. The van der Waals surface area contributed by atoms with Crippen LogP contribution in [0, 0.1) is 5.92 Å². The van der Waals surface area contributed by atoms with E-state index in [2.05, 4.69) is 10.3 Å². The number of nitrogens with zero attached hydrogens (tertiary/aromatic N) is 2. The number of aromatic nitrogens is 2. The Balaban J connectivity index is 1.67. The second kappa shape index (κ2) is 6.75. The van der Waals surface area contributed by atoms with Crippen LogP contribution in [0.25, 0.3) is 10.9 Å². The third kappa shape index (κ3) is 3.12. The molecule has 7 heteroatoms. The maximum absolute atomic E-state index is 13.0. The van der Waals surface area contributed by atoms with E-state index in [1.54, 1.807) is 36.4 Å². The van der Waals surface area contributed by atoms with E-state index in [1.165, 1.54) is 10.9 Å². The highest BCUT2D eigenvalue weighted by atomic mass is 16.7. The molecule has 2 aromatic carbocycles. The highest BCUT2D eigenvalue weighted by Gasteiger charge is 2.26. The molecule has 0 aliphatic carbocycles. The second-order valence-corrected chi connectivity index (χ2v) is 6.72. The van der Waals surface area contributed by atoms with Crippen molar-refractivity contribution in [2.45, 2.75) is 19.9 Å². The molecule has 1 aliphatic rings. The molecule has 0 bridgehead atoms. The normalized spacial score (nSPS) is 13.7. The zero-order valence-corrected chi connectivity index (χ0v) is 15.0. The van der Waals surface area contributed by atoms with Gasteiger partial charge in [-0.3, -0.25) is 14.2 Å². The first kappa shape index (κ1) is 17.1. The molecule has 0 saturated carbocycles. The molecule has 138 valence electrons. The van der Waals surface area contributed by atoms with E-state index in [9.17, 15) is 9.59 Å². The lowest BCUT2D eigenvalue weighted by Gasteiger charge is -2.22. The summed E-state index contributed by atoms with van der Waals surface area (Å²) in [5, 5.41) is 3.35. The van der Waals surface area contributed by atoms with Crippen LogP contribution >= 0.6 is 0 Å². The van der Waals surface area contributed by atoms with Crippen LogP contribution in [0.15, 0.2) is 53.6 Å². The van der Waals surface area contributed by atoms with Gasteiger partial charge in [-0.1, -0.05) is 26.0 Å². The van der Waals surface area contributed by atoms with Gasteiger partial charge in [0, 0.05) is 11.8 Å². The standard InChI is InChI=1S/C20H19N3O4/c1-12(2)18(23-10-21-15-6-4-3-5-14(15)20(23)25)19(24)22-13-7-8-16-17(9-13)27-11-26-16/h3-10,12,18H,11H2,1-2H3,(H,22,24). The van der Waals surface area contributed by atoms with Gasteiger partial charge in [0.2, 0.25) is 12.7 Å². The largest absolute Gasteiger partial charge is 0.454 e. The predicted octanol–water partition coefficient (Wildman–Crippen LogP) is 2.96. The number of nitrogens with one attached hydrogen (secondary N) is 1. The average molecular weight is 365 g/mol. The third-order valence-corrected chi connectivity index (χ3v) is 4.53. The lowest BCUT2D eigenvalue weighted by molar-refractivity contribution is -0.120. The van der Waals surface area contributed by atoms with Crippen LogP contribution < -0.4 is 20.3 Å². The van der Waals surface area contributed by atoms with Gasteiger partial charge >= 0.3 is 0 Å². The fraction of sp³-hybridized carbons (Fsp3) is 0.250. The van der Waals surface area contributed by atoms with Gasteiger partial charge in [0.05, 0.1) is 17.2 Å². The molecule has 1 aliphatic heterocycles. The average Bonchev–Trinajstić information content (AvgIpc) is 3.11. The molecule has 0 saturated heterocycles. The number of carbonyl (C=O) groups excluding carboxylic acids is 1. The topological polar surface area (TPSA) is 82.4 Å². The Morgan fingerprint density at radius 2 is 1.93 bits per heavy atom. The maximum atomic E-state index is 13.0. The van der Waals surface area contributed by atoms with Crippen LogP contribution in [0.5, 0.6) is 11.5 Å². The number of para-hydroxylation sites is 1. The molecule has 1 aromatic heterocycles. The summed E-state index contributed by atoms with van der Waals surface area (Å²) in [5.74, 6) is 0.824. The first-order valence-electron chi connectivity index (χ1n) is 8.71. The Morgan fingerprint density at radius 3 is 2.74 bits per heavy atom. The molecule has 4 rings (SSSR count). The van der Waals surface area contributed by atoms with Gasteiger partial charge in [-0.05, 0) is 30.2 Å². The van der Waals surface area contributed by atoms with Crippen molar-refractivity contribution in [3.05, 3.63) is 59.1 Å². The van der Waals surface area contributed by atoms with E-state index >= 15 is 0 Å². The molecule has 0 radical (unpaired) electrons. The Kier molecular flexibility index (Phi) is 4.27. The molecular weight excluding hydrogens is 346 g/mol. The van der Waals surface area contributed by atoms with Crippen molar-refractivity contribution in [2.75, 3.05) is 12.1 Å². The number of ether oxygens (including phenoxy) is 2. The van der Waals surface area contributed by atoms with Gasteiger partial charge in [0.1, 0.15) is 6.04 Å². The van der Waals surface area contributed by atoms with Crippen molar-refractivity contribution in [1.82, 2.24) is 9.55 Å². The highest BCUT2D eigenvalue weighted by Crippen LogP contribution is 2.34. The van der Waals surface area contributed by atoms with E-state index in [0.29, 0.717) is 28.1 Å². The quantitative estimate of drug-likeness (QED) is 0.769. The number of anilines is 1. The van der Waals surface area contributed by atoms with E-state index < -0.39 is 6.04 Å². The minimum absolute atomic E-state index is 0.111. The fourth-order valence-corrected chi connectivity index (χ4v) is 3.22. The molecular formula is C20H19N3O4. The van der Waals surface area contributed by atoms with Crippen LogP contribution in [0.1, 0.15) is 19.9 Å². The maximum Gasteiger partial charge on any atom is 0.261 e. The summed E-state index contributed by atoms with van der Waals surface area (Å²) in [6, 6.07) is 11.6. The first-order valence-corrected chi connectivity index (χ1v) is 8.71. The molecule has 1 atom stereocenters. The summed E-state index contributed by atoms with van der Waals surface area (Å²) in [6.07, 6.45) is 1.44. The smallest absolute Gasteiger partial charge is 0.261 e. The Bertz CT molecular complexity index is 1070. The minimum atomic E-state index is -0.694. The summed E-state index contributed by atoms with van der Waals surface area (Å²) in [6.45, 7) is 3.95. The summed E-state index contributed by atoms with van der Waals surface area (Å²) in [4.78, 5) is 30.2. The van der Waals surface area contributed by atoms with Gasteiger partial charge in [-0.2, -0.15) is 0 Å². The fourth-order valence-electron chi connectivity index (χ4n) is 3.22. The van der Waals surface area contributed by atoms with Crippen LogP contribution in [-0.4, -0.2) is 22.3 Å². The summed E-state index contributed by atoms with van der Waals surface area (Å²) < 4.78 is 12.0. The van der Waals surface area contributed by atoms with E-state index in [4.69, 9.17) is 9.47 Å². The second-order valence-electron chi connectivity index (χ2n) is 6.72. The monoisotopic (exact) mass is 365 g/mol. The SMILES string of the molecule is CC(C)C(C(=O)Nc1ccc2c(c1)OCO2)n1cnc2ccccc2c1=O. The molecule has 7 nitrogen and oxygen atoms in total. The lowest BCUT2D eigenvalue weighted by Crippen LogP contribution is -2.36. The molecule has 1 N–H and O–H groups in total. The lowest BCUT2D eigenvalue weighted by atomic mass is 10.0.